The van der Waals surface area contributed by atoms with Gasteiger partial charge in [-0.3, -0.25) is 4.90 Å². The average Bonchev–Trinajstić information content (AvgIpc) is 2.45. The third-order valence-corrected chi connectivity index (χ3v) is 5.04. The summed E-state index contributed by atoms with van der Waals surface area (Å²) < 4.78 is 5.50. The van der Waals surface area contributed by atoms with Crippen LogP contribution >= 0.6 is 0 Å². The number of morpholine rings is 1. The summed E-state index contributed by atoms with van der Waals surface area (Å²) in [6, 6.07) is 1.40. The van der Waals surface area contributed by atoms with Crippen LogP contribution in [0.3, 0.4) is 0 Å². The van der Waals surface area contributed by atoms with Gasteiger partial charge in [0.2, 0.25) is 0 Å². The zero-order valence-corrected chi connectivity index (χ0v) is 13.7. The summed E-state index contributed by atoms with van der Waals surface area (Å²) in [6.45, 7) is 10.1. The van der Waals surface area contributed by atoms with E-state index in [0.717, 1.165) is 25.8 Å². The van der Waals surface area contributed by atoms with Crippen molar-refractivity contribution < 1.29 is 4.74 Å². The fraction of sp³-hybridized carbons (Fsp3) is 1.00. The van der Waals surface area contributed by atoms with Crippen LogP contribution in [-0.4, -0.2) is 86.8 Å². The monoisotopic (exact) mass is 283 g/mol. The number of hydrogen-bond acceptors (Lipinski definition) is 4. The van der Waals surface area contributed by atoms with Gasteiger partial charge in [0.05, 0.1) is 13.2 Å². The second-order valence-electron chi connectivity index (χ2n) is 6.68. The van der Waals surface area contributed by atoms with Crippen molar-refractivity contribution >= 4 is 0 Å². The standard InChI is InChI=1S/C16H33N3O/c1-15-14-20-13-12-19(15)11-10-17(2)9-7-16-6-4-5-8-18(16)3/h15-16H,4-14H2,1-3H3. The summed E-state index contributed by atoms with van der Waals surface area (Å²) >= 11 is 0. The Bertz CT molecular complexity index is 248. The van der Waals surface area contributed by atoms with E-state index >= 15 is 0 Å². The largest absolute Gasteiger partial charge is 0.379 e. The SMILES string of the molecule is CC1COCCN1CCN(C)CCC1CCCCN1C. The molecule has 0 aliphatic carbocycles. The Labute approximate surface area is 125 Å². The highest BCUT2D eigenvalue weighted by Gasteiger charge is 2.20. The van der Waals surface area contributed by atoms with Gasteiger partial charge in [-0.15, -0.1) is 0 Å². The molecule has 2 rings (SSSR count). The van der Waals surface area contributed by atoms with E-state index in [0.29, 0.717) is 6.04 Å². The average molecular weight is 283 g/mol. The molecule has 0 saturated carbocycles. The van der Waals surface area contributed by atoms with Gasteiger partial charge in [-0.2, -0.15) is 0 Å². The lowest BCUT2D eigenvalue weighted by Gasteiger charge is -2.35. The maximum absolute atomic E-state index is 5.50. The van der Waals surface area contributed by atoms with E-state index in [1.165, 1.54) is 51.9 Å². The minimum atomic E-state index is 0.585. The molecule has 4 heteroatoms. The van der Waals surface area contributed by atoms with E-state index in [4.69, 9.17) is 4.74 Å². The predicted molar refractivity (Wildman–Crippen MR) is 84.2 cm³/mol. The van der Waals surface area contributed by atoms with Gasteiger partial charge in [0.1, 0.15) is 0 Å². The number of piperidine rings is 1. The fourth-order valence-corrected chi connectivity index (χ4v) is 3.38. The Morgan fingerprint density at radius 1 is 1.20 bits per heavy atom. The van der Waals surface area contributed by atoms with Gasteiger partial charge in [0.15, 0.2) is 0 Å². The van der Waals surface area contributed by atoms with Gasteiger partial charge in [0, 0.05) is 31.7 Å². The molecule has 4 nitrogen and oxygen atoms in total. The van der Waals surface area contributed by atoms with Crippen LogP contribution < -0.4 is 0 Å². The third kappa shape index (κ3) is 4.99. The zero-order chi connectivity index (χ0) is 14.4. The van der Waals surface area contributed by atoms with Crippen molar-refractivity contribution in [2.24, 2.45) is 0 Å². The molecule has 0 aromatic carbocycles. The van der Waals surface area contributed by atoms with Crippen molar-refractivity contribution in [3.05, 3.63) is 0 Å². The van der Waals surface area contributed by atoms with E-state index in [1.54, 1.807) is 0 Å². The summed E-state index contributed by atoms with van der Waals surface area (Å²) in [5.41, 5.74) is 0. The van der Waals surface area contributed by atoms with Gasteiger partial charge in [-0.25, -0.2) is 0 Å². The van der Waals surface area contributed by atoms with Crippen molar-refractivity contribution in [1.29, 1.82) is 0 Å². The second kappa shape index (κ2) is 8.32. The molecule has 2 saturated heterocycles. The number of rotatable bonds is 6. The molecule has 2 heterocycles. The first kappa shape index (κ1) is 16.2. The Hall–Kier alpha value is -0.160. The van der Waals surface area contributed by atoms with E-state index in [-0.39, 0.29) is 0 Å². The Morgan fingerprint density at radius 2 is 2.05 bits per heavy atom. The van der Waals surface area contributed by atoms with Crippen LogP contribution in [0.5, 0.6) is 0 Å². The third-order valence-electron chi connectivity index (χ3n) is 5.04. The molecule has 0 amide bonds. The van der Waals surface area contributed by atoms with Gasteiger partial charge < -0.3 is 14.5 Å². The molecule has 118 valence electrons. The van der Waals surface area contributed by atoms with Crippen LogP contribution in [0.25, 0.3) is 0 Å². The summed E-state index contributed by atoms with van der Waals surface area (Å²) in [4.78, 5) is 7.62. The highest BCUT2D eigenvalue weighted by molar-refractivity contribution is 4.76. The normalized spacial score (nSPS) is 30.0. The lowest BCUT2D eigenvalue weighted by atomic mass is 10.00. The highest BCUT2D eigenvalue weighted by Crippen LogP contribution is 2.17. The predicted octanol–water partition coefficient (Wildman–Crippen LogP) is 1.51. The highest BCUT2D eigenvalue weighted by atomic mass is 16.5. The molecule has 2 fully saturated rings. The number of nitrogens with zero attached hydrogens (tertiary/aromatic N) is 3. The molecule has 0 bridgehead atoms. The Kier molecular flexibility index (Phi) is 6.75. The summed E-state index contributed by atoms with van der Waals surface area (Å²) in [5.74, 6) is 0. The molecule has 2 unspecified atom stereocenters. The van der Waals surface area contributed by atoms with Crippen LogP contribution in [-0.2, 0) is 4.74 Å². The van der Waals surface area contributed by atoms with Crippen molar-refractivity contribution in [2.45, 2.75) is 44.7 Å². The molecule has 2 aliphatic heterocycles. The minimum absolute atomic E-state index is 0.585. The lowest BCUT2D eigenvalue weighted by Crippen LogP contribution is -2.46. The zero-order valence-electron chi connectivity index (χ0n) is 13.7. The minimum Gasteiger partial charge on any atom is -0.379 e. The molecule has 2 aliphatic rings. The molecule has 0 aromatic heterocycles. The van der Waals surface area contributed by atoms with Crippen molar-refractivity contribution in [3.8, 4) is 0 Å². The summed E-state index contributed by atoms with van der Waals surface area (Å²) in [7, 11) is 4.56. The smallest absolute Gasteiger partial charge is 0.0619 e. The summed E-state index contributed by atoms with van der Waals surface area (Å²) in [5, 5.41) is 0. The van der Waals surface area contributed by atoms with Gasteiger partial charge in [-0.05, 0) is 53.4 Å². The molecular weight excluding hydrogens is 250 g/mol. The number of hydrogen-bond donors (Lipinski definition) is 0. The lowest BCUT2D eigenvalue weighted by molar-refractivity contribution is -0.00336. The molecule has 0 aromatic rings. The van der Waals surface area contributed by atoms with Crippen molar-refractivity contribution in [3.63, 3.8) is 0 Å². The quantitative estimate of drug-likeness (QED) is 0.735. The van der Waals surface area contributed by atoms with Crippen LogP contribution in [0.2, 0.25) is 0 Å². The first-order chi connectivity index (χ1) is 9.66. The van der Waals surface area contributed by atoms with E-state index in [1.807, 2.05) is 0 Å². The molecule has 20 heavy (non-hydrogen) atoms. The number of ether oxygens (including phenoxy) is 1. The fourth-order valence-electron chi connectivity index (χ4n) is 3.38. The van der Waals surface area contributed by atoms with Crippen LogP contribution in [0.1, 0.15) is 32.6 Å². The summed E-state index contributed by atoms with van der Waals surface area (Å²) in [6.07, 6.45) is 5.53. The first-order valence-corrected chi connectivity index (χ1v) is 8.37. The van der Waals surface area contributed by atoms with Gasteiger partial charge in [0.25, 0.3) is 0 Å². The van der Waals surface area contributed by atoms with Crippen LogP contribution in [0, 0.1) is 0 Å². The molecule has 0 N–H and O–H groups in total. The molecule has 0 spiro atoms. The van der Waals surface area contributed by atoms with E-state index < -0.39 is 0 Å². The van der Waals surface area contributed by atoms with Crippen LogP contribution in [0.15, 0.2) is 0 Å². The first-order valence-electron chi connectivity index (χ1n) is 8.37. The van der Waals surface area contributed by atoms with Crippen molar-refractivity contribution in [1.82, 2.24) is 14.7 Å². The van der Waals surface area contributed by atoms with Gasteiger partial charge in [-0.1, -0.05) is 6.42 Å². The molecular formula is C16H33N3O. The van der Waals surface area contributed by atoms with Crippen molar-refractivity contribution in [2.75, 3.05) is 60.0 Å². The second-order valence-corrected chi connectivity index (χ2v) is 6.68. The maximum Gasteiger partial charge on any atom is 0.0619 e. The topological polar surface area (TPSA) is 19.0 Å². The van der Waals surface area contributed by atoms with Gasteiger partial charge >= 0.3 is 0 Å². The Balaban J connectivity index is 1.61. The Morgan fingerprint density at radius 3 is 2.80 bits per heavy atom. The molecule has 2 atom stereocenters. The van der Waals surface area contributed by atoms with E-state index in [2.05, 4.69) is 35.7 Å². The van der Waals surface area contributed by atoms with Crippen LogP contribution in [0.4, 0.5) is 0 Å². The maximum atomic E-state index is 5.50. The van der Waals surface area contributed by atoms with E-state index in [9.17, 15) is 0 Å². The molecule has 0 radical (unpaired) electrons. The number of likely N-dealkylation sites (tertiary alicyclic amines) is 1. The number of likely N-dealkylation sites (N-methyl/N-ethyl adjacent to an activating group) is 1.